The summed E-state index contributed by atoms with van der Waals surface area (Å²) in [7, 11) is 0. The lowest BCUT2D eigenvalue weighted by Crippen LogP contribution is -2.71. The summed E-state index contributed by atoms with van der Waals surface area (Å²) in [5.74, 6) is -2.00. The van der Waals surface area contributed by atoms with Gasteiger partial charge in [-0.2, -0.15) is 0 Å². The molecule has 2 aliphatic rings. The number of hydrogen-bond donors (Lipinski definition) is 2. The van der Waals surface area contributed by atoms with E-state index in [1.807, 2.05) is 19.9 Å². The Bertz CT molecular complexity index is 1220. The van der Waals surface area contributed by atoms with Crippen molar-refractivity contribution >= 4 is 35.5 Å². The highest BCUT2D eigenvalue weighted by Gasteiger charge is 2.64. The maximum atomic E-state index is 12.8. The maximum Gasteiger partial charge on any atom is 0.333 e. The van der Waals surface area contributed by atoms with Gasteiger partial charge in [0.1, 0.15) is 23.5 Å². The molecule has 0 radical (unpaired) electrons. The number of hydrogen-bond acceptors (Lipinski definition) is 8. The molecule has 2 aromatic rings. The molecule has 0 saturated carbocycles. The third-order valence-corrected chi connectivity index (χ3v) is 8.36. The Balaban J connectivity index is 0.000000436. The fourth-order valence-corrected chi connectivity index (χ4v) is 6.17. The van der Waals surface area contributed by atoms with Crippen molar-refractivity contribution < 1.29 is 28.7 Å². The van der Waals surface area contributed by atoms with Crippen LogP contribution in [0.1, 0.15) is 65.1 Å². The highest BCUT2D eigenvalue weighted by atomic mass is 32.2. The minimum absolute atomic E-state index is 0.379. The van der Waals surface area contributed by atoms with E-state index in [2.05, 4.69) is 42.6 Å². The fourth-order valence-electron chi connectivity index (χ4n) is 4.55. The van der Waals surface area contributed by atoms with Crippen molar-refractivity contribution in [2.24, 2.45) is 11.1 Å². The molecule has 2 aromatic carbocycles. The van der Waals surface area contributed by atoms with Crippen LogP contribution in [-0.4, -0.2) is 57.7 Å². The van der Waals surface area contributed by atoms with Gasteiger partial charge in [-0.05, 0) is 52.2 Å². The molecule has 0 bridgehead atoms. The second-order valence-electron chi connectivity index (χ2n) is 11.6. The Morgan fingerprint density at radius 1 is 1.02 bits per heavy atom. The first-order valence-electron chi connectivity index (χ1n) is 13.8. The van der Waals surface area contributed by atoms with Crippen LogP contribution >= 0.6 is 11.8 Å². The molecule has 4 rings (SSSR count). The molecule has 2 aliphatic heterocycles. The van der Waals surface area contributed by atoms with Gasteiger partial charge in [0.25, 0.3) is 0 Å². The predicted octanol–water partition coefficient (Wildman–Crippen LogP) is 3.96. The van der Waals surface area contributed by atoms with Crippen molar-refractivity contribution in [2.45, 2.75) is 82.6 Å². The average molecular weight is 584 g/mol. The van der Waals surface area contributed by atoms with E-state index in [-0.39, 0.29) is 5.91 Å². The van der Waals surface area contributed by atoms with Crippen LogP contribution in [0, 0.1) is 5.41 Å². The van der Waals surface area contributed by atoms with Crippen molar-refractivity contribution in [3.8, 4) is 0 Å². The Hall–Kier alpha value is -3.37. The zero-order chi connectivity index (χ0) is 30.4. The van der Waals surface area contributed by atoms with Crippen LogP contribution < -0.4 is 11.1 Å². The Morgan fingerprint density at radius 2 is 1.61 bits per heavy atom. The van der Waals surface area contributed by atoms with E-state index < -0.39 is 58.3 Å². The number of carbonyl (C=O) groups is 4. The van der Waals surface area contributed by atoms with Gasteiger partial charge in [-0.3, -0.25) is 14.4 Å². The minimum Gasteiger partial charge on any atom is -0.427 e. The van der Waals surface area contributed by atoms with Gasteiger partial charge in [0.15, 0.2) is 0 Å². The number of esters is 2. The molecule has 2 heterocycles. The van der Waals surface area contributed by atoms with Crippen LogP contribution in [0.4, 0.5) is 0 Å². The molecule has 0 aliphatic carbocycles. The van der Waals surface area contributed by atoms with Crippen LogP contribution in [0.3, 0.4) is 0 Å². The molecule has 10 heteroatoms. The SMILES string of the molecule is CC(C)(C)C(=O)OCOC(=O)[C@@H]1N2C(=O)[C@@H](NC(=O)C(N)c3ccccc3)[C@H]2SC1(C)C.CCCc1ccccc1. The third-order valence-electron chi connectivity index (χ3n) is 6.79. The monoisotopic (exact) mass is 583 g/mol. The summed E-state index contributed by atoms with van der Waals surface area (Å²) in [4.78, 5) is 51.4. The number of rotatable bonds is 8. The van der Waals surface area contributed by atoms with E-state index in [1.165, 1.54) is 35.1 Å². The zero-order valence-corrected chi connectivity index (χ0v) is 25.4. The van der Waals surface area contributed by atoms with Crippen molar-refractivity contribution in [2.75, 3.05) is 6.79 Å². The number of β-lactam (4-membered cyclic amide) rings is 1. The van der Waals surface area contributed by atoms with E-state index >= 15 is 0 Å². The Labute approximate surface area is 246 Å². The number of nitrogens with zero attached hydrogens (tertiary/aromatic N) is 1. The number of fused-ring (bicyclic) bond motifs is 1. The highest BCUT2D eigenvalue weighted by molar-refractivity contribution is 8.01. The number of aryl methyl sites for hydroxylation is 1. The first-order valence-corrected chi connectivity index (χ1v) is 14.6. The molecule has 9 nitrogen and oxygen atoms in total. The molecule has 0 aromatic heterocycles. The molecule has 41 heavy (non-hydrogen) atoms. The maximum absolute atomic E-state index is 12.8. The summed E-state index contributed by atoms with van der Waals surface area (Å²) in [6.07, 6.45) is 2.45. The molecular formula is C31H41N3O6S. The summed E-state index contributed by atoms with van der Waals surface area (Å²) < 4.78 is 9.47. The summed E-state index contributed by atoms with van der Waals surface area (Å²) >= 11 is 1.40. The van der Waals surface area contributed by atoms with Gasteiger partial charge in [-0.1, -0.05) is 74.0 Å². The van der Waals surface area contributed by atoms with Gasteiger partial charge in [0, 0.05) is 4.75 Å². The van der Waals surface area contributed by atoms with E-state index in [4.69, 9.17) is 15.2 Å². The molecule has 2 fully saturated rings. The van der Waals surface area contributed by atoms with Gasteiger partial charge >= 0.3 is 11.9 Å². The molecule has 2 amide bonds. The molecule has 3 N–H and O–H groups in total. The Morgan fingerprint density at radius 3 is 2.17 bits per heavy atom. The quantitative estimate of drug-likeness (QED) is 0.272. The average Bonchev–Trinajstić information content (AvgIpc) is 3.19. The fraction of sp³-hybridized carbons (Fsp3) is 0.484. The predicted molar refractivity (Wildman–Crippen MR) is 158 cm³/mol. The smallest absolute Gasteiger partial charge is 0.333 e. The van der Waals surface area contributed by atoms with Crippen LogP contribution in [0.25, 0.3) is 0 Å². The molecule has 1 unspecified atom stereocenters. The van der Waals surface area contributed by atoms with Gasteiger partial charge < -0.3 is 25.4 Å². The molecule has 0 spiro atoms. The van der Waals surface area contributed by atoms with Gasteiger partial charge in [-0.15, -0.1) is 11.8 Å². The normalized spacial score (nSPS) is 21.4. The van der Waals surface area contributed by atoms with Crippen molar-refractivity contribution in [3.05, 3.63) is 71.8 Å². The van der Waals surface area contributed by atoms with E-state index in [1.54, 1.807) is 45.0 Å². The summed E-state index contributed by atoms with van der Waals surface area (Å²) in [5, 5.41) is 2.29. The third kappa shape index (κ3) is 7.89. The topological polar surface area (TPSA) is 128 Å². The number of ether oxygens (including phenoxy) is 2. The lowest BCUT2D eigenvalue weighted by atomic mass is 9.95. The molecule has 4 atom stereocenters. The second kappa shape index (κ2) is 13.5. The zero-order valence-electron chi connectivity index (χ0n) is 24.6. The standard InChI is InChI=1S/C22H29N3O6S.C9H12/c1-21(2,3)20(29)31-11-30-19(28)15-22(4,5)32-18-14(17(27)25(15)18)24-16(26)13(23)12-9-7-6-8-10-12;1-2-6-9-7-4-3-5-8-9/h6-10,13-15,18H,11,23H2,1-5H3,(H,24,26);3-5,7-8H,2,6H2,1H3/t13?,14-,15+,18-;/m1./s1. The van der Waals surface area contributed by atoms with Gasteiger partial charge in [0.2, 0.25) is 18.6 Å². The Kier molecular flexibility index (Phi) is 10.6. The minimum atomic E-state index is -0.907. The van der Waals surface area contributed by atoms with Gasteiger partial charge in [0.05, 0.1) is 5.41 Å². The first kappa shape index (κ1) is 32.1. The summed E-state index contributed by atoms with van der Waals surface area (Å²) in [6.45, 7) is 10.4. The van der Waals surface area contributed by atoms with Crippen LogP contribution in [0.15, 0.2) is 60.7 Å². The van der Waals surface area contributed by atoms with Crippen molar-refractivity contribution in [3.63, 3.8) is 0 Å². The number of nitrogens with two attached hydrogens (primary N) is 1. The summed E-state index contributed by atoms with van der Waals surface area (Å²) in [5.41, 5.74) is 7.39. The van der Waals surface area contributed by atoms with Crippen molar-refractivity contribution in [1.29, 1.82) is 0 Å². The van der Waals surface area contributed by atoms with E-state index in [0.29, 0.717) is 5.56 Å². The van der Waals surface area contributed by atoms with Crippen LogP contribution in [0.5, 0.6) is 0 Å². The van der Waals surface area contributed by atoms with Crippen LogP contribution in [0.2, 0.25) is 0 Å². The molecule has 2 saturated heterocycles. The van der Waals surface area contributed by atoms with Gasteiger partial charge in [-0.25, -0.2) is 4.79 Å². The number of amides is 2. The molecular weight excluding hydrogens is 542 g/mol. The lowest BCUT2D eigenvalue weighted by Gasteiger charge is -2.44. The number of thioether (sulfide) groups is 1. The largest absolute Gasteiger partial charge is 0.427 e. The number of carbonyl (C=O) groups excluding carboxylic acids is 4. The summed E-state index contributed by atoms with van der Waals surface area (Å²) in [6, 6.07) is 16.9. The lowest BCUT2D eigenvalue weighted by molar-refractivity contribution is -0.180. The number of benzene rings is 2. The van der Waals surface area contributed by atoms with Crippen LogP contribution in [-0.2, 0) is 35.1 Å². The second-order valence-corrected chi connectivity index (χ2v) is 13.4. The van der Waals surface area contributed by atoms with E-state index in [0.717, 1.165) is 0 Å². The number of nitrogens with one attached hydrogen (secondary N) is 1. The highest BCUT2D eigenvalue weighted by Crippen LogP contribution is 2.51. The van der Waals surface area contributed by atoms with Crippen molar-refractivity contribution in [1.82, 2.24) is 10.2 Å². The van der Waals surface area contributed by atoms with E-state index in [9.17, 15) is 19.2 Å². The molecule has 222 valence electrons. The first-order chi connectivity index (χ1) is 19.3.